The molecule has 4 nitrogen and oxygen atoms in total. The van der Waals surface area contributed by atoms with Crippen LogP contribution in [0.3, 0.4) is 0 Å². The zero-order chi connectivity index (χ0) is 14.9. The van der Waals surface area contributed by atoms with Gasteiger partial charge < -0.3 is 16.4 Å². The van der Waals surface area contributed by atoms with Crippen LogP contribution in [0, 0.1) is 0 Å². The third-order valence-corrected chi connectivity index (χ3v) is 5.17. The van der Waals surface area contributed by atoms with Gasteiger partial charge in [0.15, 0.2) is 0 Å². The van der Waals surface area contributed by atoms with Gasteiger partial charge in [-0.15, -0.1) is 0 Å². The molecule has 1 aromatic carbocycles. The molecule has 1 fully saturated rings. The summed E-state index contributed by atoms with van der Waals surface area (Å²) in [6.45, 7) is 6.17. The Morgan fingerprint density at radius 1 is 1.40 bits per heavy atom. The van der Waals surface area contributed by atoms with Gasteiger partial charge in [0.25, 0.3) is 5.91 Å². The molecule has 1 saturated heterocycles. The van der Waals surface area contributed by atoms with Crippen molar-refractivity contribution >= 4 is 40.6 Å². The zero-order valence-corrected chi connectivity index (χ0v) is 13.4. The summed E-state index contributed by atoms with van der Waals surface area (Å²) in [5.41, 5.74) is 12.8. The zero-order valence-electron chi connectivity index (χ0n) is 11.8. The molecule has 0 spiro atoms. The minimum Gasteiger partial charge on any atom is -0.399 e. The number of primary amides is 1. The molecular formula is C14H20ClN3OS. The number of anilines is 2. The molecule has 0 aromatic heterocycles. The predicted octanol–water partition coefficient (Wildman–Crippen LogP) is 2.74. The minimum absolute atomic E-state index is 0.238. The normalized spacial score (nSPS) is 18.6. The summed E-state index contributed by atoms with van der Waals surface area (Å²) < 4.78 is 0.238. The Morgan fingerprint density at radius 2 is 2.10 bits per heavy atom. The molecule has 4 N–H and O–H groups in total. The lowest BCUT2D eigenvalue weighted by Gasteiger charge is -2.27. The number of carbonyl (C=O) groups excluding carboxylic acids is 1. The van der Waals surface area contributed by atoms with E-state index in [0.29, 0.717) is 22.0 Å². The number of amides is 1. The first kappa shape index (κ1) is 15.3. The molecule has 1 aromatic rings. The van der Waals surface area contributed by atoms with Crippen LogP contribution in [0.15, 0.2) is 12.1 Å². The molecule has 110 valence electrons. The van der Waals surface area contributed by atoms with Crippen molar-refractivity contribution < 1.29 is 4.79 Å². The van der Waals surface area contributed by atoms with Gasteiger partial charge in [-0.05, 0) is 18.6 Å². The lowest BCUT2D eigenvalue weighted by Crippen LogP contribution is -2.30. The van der Waals surface area contributed by atoms with Crippen molar-refractivity contribution in [1.29, 1.82) is 0 Å². The predicted molar refractivity (Wildman–Crippen MR) is 87.7 cm³/mol. The highest BCUT2D eigenvalue weighted by Crippen LogP contribution is 2.37. The summed E-state index contributed by atoms with van der Waals surface area (Å²) in [4.78, 5) is 13.8. The van der Waals surface area contributed by atoms with E-state index >= 15 is 0 Å². The van der Waals surface area contributed by atoms with Gasteiger partial charge in [-0.25, -0.2) is 0 Å². The highest BCUT2D eigenvalue weighted by atomic mass is 35.5. The highest BCUT2D eigenvalue weighted by Gasteiger charge is 2.26. The number of thioether (sulfide) groups is 1. The van der Waals surface area contributed by atoms with Gasteiger partial charge in [0.1, 0.15) is 0 Å². The van der Waals surface area contributed by atoms with Crippen molar-refractivity contribution in [3.8, 4) is 0 Å². The molecule has 1 amide bonds. The monoisotopic (exact) mass is 313 g/mol. The number of halogens is 1. The summed E-state index contributed by atoms with van der Waals surface area (Å²) in [5, 5.41) is 0.489. The van der Waals surface area contributed by atoms with Crippen LogP contribution in [0.2, 0.25) is 5.02 Å². The standard InChI is InChI=1S/C14H20ClN3OS/c1-14(2)3-4-18(5-6-20-14)12-10(13(17)19)7-9(16)8-11(12)15/h7-8H,3-6,16H2,1-2H3,(H2,17,19). The van der Waals surface area contributed by atoms with Gasteiger partial charge in [-0.2, -0.15) is 11.8 Å². The molecule has 2 rings (SSSR count). The molecule has 1 aliphatic heterocycles. The van der Waals surface area contributed by atoms with Crippen LogP contribution in [0.4, 0.5) is 11.4 Å². The molecule has 0 atom stereocenters. The van der Waals surface area contributed by atoms with Crippen LogP contribution in [-0.2, 0) is 0 Å². The van der Waals surface area contributed by atoms with Gasteiger partial charge in [0.05, 0.1) is 16.3 Å². The van der Waals surface area contributed by atoms with E-state index < -0.39 is 5.91 Å². The van der Waals surface area contributed by atoms with Gasteiger partial charge in [0.2, 0.25) is 0 Å². The third-order valence-electron chi connectivity index (χ3n) is 3.51. The molecule has 1 heterocycles. The second-order valence-electron chi connectivity index (χ2n) is 5.61. The number of nitrogen functional groups attached to an aromatic ring is 1. The Labute approximate surface area is 128 Å². The van der Waals surface area contributed by atoms with Crippen LogP contribution in [-0.4, -0.2) is 29.5 Å². The number of carbonyl (C=O) groups is 1. The van der Waals surface area contributed by atoms with E-state index in [-0.39, 0.29) is 4.75 Å². The van der Waals surface area contributed by atoms with Gasteiger partial charge in [-0.3, -0.25) is 4.79 Å². The van der Waals surface area contributed by atoms with Crippen LogP contribution in [0.5, 0.6) is 0 Å². The maximum absolute atomic E-state index is 11.7. The van der Waals surface area contributed by atoms with Gasteiger partial charge >= 0.3 is 0 Å². The summed E-state index contributed by atoms with van der Waals surface area (Å²) in [5.74, 6) is 0.497. The molecule has 0 saturated carbocycles. The van der Waals surface area contributed by atoms with Crippen molar-refractivity contribution in [2.45, 2.75) is 25.0 Å². The summed E-state index contributed by atoms with van der Waals surface area (Å²) in [6.07, 6.45) is 1.02. The molecule has 1 aliphatic rings. The van der Waals surface area contributed by atoms with Gasteiger partial charge in [-0.1, -0.05) is 25.4 Å². The quantitative estimate of drug-likeness (QED) is 0.823. The average Bonchev–Trinajstić information content (AvgIpc) is 2.49. The van der Waals surface area contributed by atoms with E-state index in [0.717, 1.165) is 25.3 Å². The first-order valence-electron chi connectivity index (χ1n) is 6.58. The summed E-state index contributed by atoms with van der Waals surface area (Å²) in [6, 6.07) is 3.28. The van der Waals surface area contributed by atoms with Crippen LogP contribution < -0.4 is 16.4 Å². The maximum Gasteiger partial charge on any atom is 0.250 e. The Hall–Kier alpha value is -1.07. The van der Waals surface area contributed by atoms with Crippen molar-refractivity contribution in [3.63, 3.8) is 0 Å². The van der Waals surface area contributed by atoms with Crippen LogP contribution in [0.25, 0.3) is 0 Å². The summed E-state index contributed by atoms with van der Waals surface area (Å²) in [7, 11) is 0. The average molecular weight is 314 g/mol. The van der Waals surface area contributed by atoms with E-state index in [1.807, 2.05) is 11.8 Å². The SMILES string of the molecule is CC1(C)CCN(c2c(Cl)cc(N)cc2C(N)=O)CCS1. The van der Waals surface area contributed by atoms with E-state index in [2.05, 4.69) is 18.7 Å². The fraction of sp³-hybridized carbons (Fsp3) is 0.500. The number of nitrogens with zero attached hydrogens (tertiary/aromatic N) is 1. The Morgan fingerprint density at radius 3 is 2.75 bits per heavy atom. The van der Waals surface area contributed by atoms with Crippen molar-refractivity contribution in [2.24, 2.45) is 5.73 Å². The third kappa shape index (κ3) is 3.33. The number of benzene rings is 1. The van der Waals surface area contributed by atoms with E-state index in [1.165, 1.54) is 0 Å². The van der Waals surface area contributed by atoms with Crippen LogP contribution in [0.1, 0.15) is 30.6 Å². The van der Waals surface area contributed by atoms with Gasteiger partial charge in [0, 0.05) is 29.3 Å². The first-order chi connectivity index (χ1) is 9.30. The fourth-order valence-electron chi connectivity index (χ4n) is 2.37. The molecule has 20 heavy (non-hydrogen) atoms. The fourth-order valence-corrected chi connectivity index (χ4v) is 3.82. The molecule has 0 bridgehead atoms. The van der Waals surface area contributed by atoms with Crippen molar-refractivity contribution in [3.05, 3.63) is 22.7 Å². The summed E-state index contributed by atoms with van der Waals surface area (Å²) >= 11 is 8.24. The van der Waals surface area contributed by atoms with E-state index in [4.69, 9.17) is 23.1 Å². The van der Waals surface area contributed by atoms with E-state index in [1.54, 1.807) is 12.1 Å². The Balaban J connectivity index is 2.39. The second-order valence-corrected chi connectivity index (χ2v) is 7.82. The number of rotatable bonds is 2. The Bertz CT molecular complexity index is 533. The number of hydrogen-bond donors (Lipinski definition) is 2. The smallest absolute Gasteiger partial charge is 0.250 e. The lowest BCUT2D eigenvalue weighted by atomic mass is 10.1. The van der Waals surface area contributed by atoms with Crippen LogP contribution >= 0.6 is 23.4 Å². The molecule has 0 aliphatic carbocycles. The maximum atomic E-state index is 11.7. The molecule has 6 heteroatoms. The highest BCUT2D eigenvalue weighted by molar-refractivity contribution is 8.00. The topological polar surface area (TPSA) is 72.3 Å². The number of hydrogen-bond acceptors (Lipinski definition) is 4. The molecular weight excluding hydrogens is 294 g/mol. The number of nitrogens with two attached hydrogens (primary N) is 2. The molecule has 0 unspecified atom stereocenters. The van der Waals surface area contributed by atoms with Crippen molar-refractivity contribution in [2.75, 3.05) is 29.5 Å². The first-order valence-corrected chi connectivity index (χ1v) is 7.94. The molecule has 0 radical (unpaired) electrons. The van der Waals surface area contributed by atoms with Crippen molar-refractivity contribution in [1.82, 2.24) is 0 Å². The van der Waals surface area contributed by atoms with E-state index in [9.17, 15) is 4.79 Å². The minimum atomic E-state index is -0.495. The second kappa shape index (κ2) is 5.74. The lowest BCUT2D eigenvalue weighted by molar-refractivity contribution is 0.100. The largest absolute Gasteiger partial charge is 0.399 e. The Kier molecular flexibility index (Phi) is 4.39.